The van der Waals surface area contributed by atoms with E-state index in [0.29, 0.717) is 25.6 Å². The fraction of sp³-hybridized carbons (Fsp3) is 0.688. The normalized spacial score (nSPS) is 29.2. The molecule has 1 heterocycles. The molecule has 0 aromatic heterocycles. The Morgan fingerprint density at radius 2 is 1.95 bits per heavy atom. The molecule has 112 valence electrons. The van der Waals surface area contributed by atoms with Gasteiger partial charge in [-0.05, 0) is 25.7 Å². The summed E-state index contributed by atoms with van der Waals surface area (Å²) in [4.78, 5) is 11.9. The Bertz CT molecular complexity index is 422. The first kappa shape index (κ1) is 14.9. The van der Waals surface area contributed by atoms with Crippen molar-refractivity contribution in [1.29, 1.82) is 0 Å². The van der Waals surface area contributed by atoms with Crippen LogP contribution in [0.15, 0.2) is 23.7 Å². The third-order valence-electron chi connectivity index (χ3n) is 3.89. The summed E-state index contributed by atoms with van der Waals surface area (Å²) in [7, 11) is 1.44. The smallest absolute Gasteiger partial charge is 0.309 e. The van der Waals surface area contributed by atoms with Crippen LogP contribution in [-0.2, 0) is 19.0 Å². The van der Waals surface area contributed by atoms with Gasteiger partial charge in [0.05, 0.1) is 26.2 Å². The van der Waals surface area contributed by atoms with Crippen molar-refractivity contribution < 1.29 is 19.0 Å². The maximum absolute atomic E-state index is 11.9. The number of ether oxygens (including phenoxy) is 3. The minimum absolute atomic E-state index is 0.0487. The number of esters is 1. The van der Waals surface area contributed by atoms with E-state index in [0.717, 1.165) is 12.0 Å². The maximum Gasteiger partial charge on any atom is 0.309 e. The molecule has 4 nitrogen and oxygen atoms in total. The lowest BCUT2D eigenvalue weighted by Gasteiger charge is -2.32. The van der Waals surface area contributed by atoms with Crippen molar-refractivity contribution in [3.8, 4) is 0 Å². The lowest BCUT2D eigenvalue weighted by Crippen LogP contribution is -2.31. The fourth-order valence-corrected chi connectivity index (χ4v) is 2.76. The number of hydrogen-bond acceptors (Lipinski definition) is 4. The Labute approximate surface area is 120 Å². The van der Waals surface area contributed by atoms with Crippen LogP contribution in [-0.4, -0.2) is 26.3 Å². The van der Waals surface area contributed by atoms with Crippen molar-refractivity contribution in [3.05, 3.63) is 23.7 Å². The first-order chi connectivity index (χ1) is 9.46. The summed E-state index contributed by atoms with van der Waals surface area (Å²) >= 11 is 0. The second-order valence-corrected chi connectivity index (χ2v) is 6.36. The molecule has 0 spiro atoms. The van der Waals surface area contributed by atoms with Gasteiger partial charge in [0.1, 0.15) is 0 Å². The summed E-state index contributed by atoms with van der Waals surface area (Å²) in [6, 6.07) is 0. The van der Waals surface area contributed by atoms with E-state index in [4.69, 9.17) is 14.2 Å². The molecular formula is C16H24O4. The SMILES string of the molecule is C/C=C/[C@@H]1CC(=C2OCC(C)(C)CO2)C[C@H]1C(=O)OC. The Morgan fingerprint density at radius 1 is 1.30 bits per heavy atom. The summed E-state index contributed by atoms with van der Waals surface area (Å²) in [5.74, 6) is 0.531. The van der Waals surface area contributed by atoms with E-state index >= 15 is 0 Å². The Balaban J connectivity index is 2.13. The van der Waals surface area contributed by atoms with Gasteiger partial charge in [-0.1, -0.05) is 26.0 Å². The zero-order valence-electron chi connectivity index (χ0n) is 12.8. The number of carbonyl (C=O) groups excluding carboxylic acids is 1. The Hall–Kier alpha value is -1.45. The quantitative estimate of drug-likeness (QED) is 0.576. The van der Waals surface area contributed by atoms with E-state index in [1.54, 1.807) is 0 Å². The van der Waals surface area contributed by atoms with Crippen molar-refractivity contribution in [2.45, 2.75) is 33.6 Å². The van der Waals surface area contributed by atoms with Crippen molar-refractivity contribution in [3.63, 3.8) is 0 Å². The molecular weight excluding hydrogens is 256 g/mol. The summed E-state index contributed by atoms with van der Waals surface area (Å²) < 4.78 is 16.4. The standard InChI is InChI=1S/C16H24O4/c1-5-6-11-7-12(8-13(11)14(17)18-4)15-19-9-16(2,3)10-20-15/h5-6,11,13H,7-10H2,1-4H3/b6-5+/t11-,13-/m1/s1. The number of allylic oxidation sites excluding steroid dienone is 3. The molecule has 20 heavy (non-hydrogen) atoms. The lowest BCUT2D eigenvalue weighted by atomic mass is 9.96. The van der Waals surface area contributed by atoms with E-state index in [2.05, 4.69) is 19.9 Å². The zero-order chi connectivity index (χ0) is 14.8. The second kappa shape index (κ2) is 5.90. The van der Waals surface area contributed by atoms with Gasteiger partial charge < -0.3 is 14.2 Å². The number of carbonyl (C=O) groups is 1. The molecule has 2 atom stereocenters. The van der Waals surface area contributed by atoms with E-state index in [9.17, 15) is 4.79 Å². The predicted octanol–water partition coefficient (Wildman–Crippen LogP) is 3.05. The van der Waals surface area contributed by atoms with Crippen LogP contribution in [0, 0.1) is 17.3 Å². The zero-order valence-corrected chi connectivity index (χ0v) is 12.8. The molecule has 2 aliphatic rings. The molecule has 1 saturated carbocycles. The van der Waals surface area contributed by atoms with E-state index in [-0.39, 0.29) is 23.2 Å². The number of rotatable bonds is 2. The summed E-state index contributed by atoms with van der Waals surface area (Å²) in [5, 5.41) is 0. The highest BCUT2D eigenvalue weighted by molar-refractivity contribution is 5.74. The molecule has 0 bridgehead atoms. The molecule has 4 heteroatoms. The highest BCUT2D eigenvalue weighted by atomic mass is 16.7. The molecule has 1 aliphatic carbocycles. The van der Waals surface area contributed by atoms with Gasteiger partial charge in [-0.25, -0.2) is 0 Å². The Morgan fingerprint density at radius 3 is 2.50 bits per heavy atom. The summed E-state index contributed by atoms with van der Waals surface area (Å²) in [5.41, 5.74) is 1.15. The third-order valence-corrected chi connectivity index (χ3v) is 3.89. The van der Waals surface area contributed by atoms with Gasteiger partial charge in [-0.15, -0.1) is 0 Å². The molecule has 0 unspecified atom stereocenters. The highest BCUT2D eigenvalue weighted by Gasteiger charge is 2.38. The molecule has 2 fully saturated rings. The van der Waals surface area contributed by atoms with E-state index < -0.39 is 0 Å². The molecule has 1 aliphatic heterocycles. The second-order valence-electron chi connectivity index (χ2n) is 6.36. The average molecular weight is 280 g/mol. The van der Waals surface area contributed by atoms with Gasteiger partial charge in [0, 0.05) is 11.0 Å². The minimum atomic E-state index is -0.153. The molecule has 0 aromatic carbocycles. The largest absolute Gasteiger partial charge is 0.469 e. The molecule has 1 saturated heterocycles. The molecule has 0 radical (unpaired) electrons. The van der Waals surface area contributed by atoms with Crippen molar-refractivity contribution in [2.24, 2.45) is 17.3 Å². The van der Waals surface area contributed by atoms with Gasteiger partial charge >= 0.3 is 5.97 Å². The Kier molecular flexibility index (Phi) is 4.41. The number of hydrogen-bond donors (Lipinski definition) is 0. The molecule has 0 amide bonds. The van der Waals surface area contributed by atoms with Crippen LogP contribution >= 0.6 is 0 Å². The third kappa shape index (κ3) is 3.17. The molecule has 2 rings (SSSR count). The molecule has 0 aromatic rings. The number of methoxy groups -OCH3 is 1. The maximum atomic E-state index is 11.9. The van der Waals surface area contributed by atoms with Crippen LogP contribution in [0.4, 0.5) is 0 Å². The minimum Gasteiger partial charge on any atom is -0.469 e. The van der Waals surface area contributed by atoms with E-state index in [1.165, 1.54) is 7.11 Å². The van der Waals surface area contributed by atoms with Gasteiger partial charge in [-0.3, -0.25) is 4.79 Å². The van der Waals surface area contributed by atoms with Crippen LogP contribution in [0.3, 0.4) is 0 Å². The monoisotopic (exact) mass is 280 g/mol. The van der Waals surface area contributed by atoms with Gasteiger partial charge in [0.2, 0.25) is 0 Å². The average Bonchev–Trinajstić information content (AvgIpc) is 2.82. The first-order valence-corrected chi connectivity index (χ1v) is 7.15. The lowest BCUT2D eigenvalue weighted by molar-refractivity contribution is -0.146. The highest BCUT2D eigenvalue weighted by Crippen LogP contribution is 2.41. The van der Waals surface area contributed by atoms with Crippen LogP contribution in [0.1, 0.15) is 33.6 Å². The van der Waals surface area contributed by atoms with Gasteiger partial charge in [-0.2, -0.15) is 0 Å². The van der Waals surface area contributed by atoms with Crippen molar-refractivity contribution in [2.75, 3.05) is 20.3 Å². The van der Waals surface area contributed by atoms with Crippen LogP contribution in [0.2, 0.25) is 0 Å². The summed E-state index contributed by atoms with van der Waals surface area (Å²) in [6.45, 7) is 7.51. The van der Waals surface area contributed by atoms with Crippen molar-refractivity contribution >= 4 is 5.97 Å². The van der Waals surface area contributed by atoms with E-state index in [1.807, 2.05) is 13.0 Å². The van der Waals surface area contributed by atoms with Crippen LogP contribution < -0.4 is 0 Å². The summed E-state index contributed by atoms with van der Waals surface area (Å²) in [6.07, 6.45) is 5.53. The molecule has 0 N–H and O–H groups in total. The van der Waals surface area contributed by atoms with Gasteiger partial charge in [0.15, 0.2) is 0 Å². The topological polar surface area (TPSA) is 44.8 Å². The van der Waals surface area contributed by atoms with Gasteiger partial charge in [0.25, 0.3) is 5.95 Å². The van der Waals surface area contributed by atoms with Crippen LogP contribution in [0.25, 0.3) is 0 Å². The first-order valence-electron chi connectivity index (χ1n) is 7.15. The van der Waals surface area contributed by atoms with Crippen molar-refractivity contribution in [1.82, 2.24) is 0 Å². The van der Waals surface area contributed by atoms with Crippen LogP contribution in [0.5, 0.6) is 0 Å². The fourth-order valence-electron chi connectivity index (χ4n) is 2.76. The predicted molar refractivity (Wildman–Crippen MR) is 75.8 cm³/mol.